The maximum Gasteiger partial charge on any atom is 0.246 e. The van der Waals surface area contributed by atoms with Crippen LogP contribution >= 0.6 is 11.6 Å². The molecule has 0 unspecified atom stereocenters. The number of hydrogen-bond donors (Lipinski definition) is 1. The van der Waals surface area contributed by atoms with E-state index >= 15 is 0 Å². The third-order valence-electron chi connectivity index (χ3n) is 5.71. The molecule has 1 amide bonds. The number of carbonyl (C=O) groups is 1. The molecule has 0 bridgehead atoms. The Morgan fingerprint density at radius 3 is 2.19 bits per heavy atom. The van der Waals surface area contributed by atoms with E-state index < -0.39 is 0 Å². The maximum absolute atomic E-state index is 13.4. The minimum Gasteiger partial charge on any atom is -0.369 e. The molecule has 1 heterocycles. The lowest BCUT2D eigenvalue weighted by molar-refractivity contribution is -0.121. The Balaban J connectivity index is 1.53. The van der Waals surface area contributed by atoms with Crippen LogP contribution in [0.5, 0.6) is 0 Å². The molecule has 1 N–H and O–H groups in total. The number of benzene rings is 3. The maximum atomic E-state index is 13.4. The van der Waals surface area contributed by atoms with E-state index in [1.54, 1.807) is 0 Å². The van der Waals surface area contributed by atoms with Crippen molar-refractivity contribution in [3.05, 3.63) is 94.5 Å². The highest BCUT2D eigenvalue weighted by Crippen LogP contribution is 2.27. The Bertz CT molecular complexity index is 1030. The second-order valence-electron chi connectivity index (χ2n) is 8.18. The highest BCUT2D eigenvalue weighted by Gasteiger charge is 2.30. The molecule has 4 rings (SSSR count). The van der Waals surface area contributed by atoms with Crippen molar-refractivity contribution in [3.63, 3.8) is 0 Å². The summed E-state index contributed by atoms with van der Waals surface area (Å²) in [6.07, 6.45) is 0. The van der Waals surface area contributed by atoms with Crippen molar-refractivity contribution in [3.8, 4) is 0 Å². The fraction of sp³-hybridized carbons (Fsp3) is 0.269. The van der Waals surface area contributed by atoms with Crippen LogP contribution < -0.4 is 10.2 Å². The van der Waals surface area contributed by atoms with Crippen LogP contribution in [-0.2, 0) is 4.79 Å². The molecule has 0 aliphatic carbocycles. The van der Waals surface area contributed by atoms with E-state index in [-0.39, 0.29) is 11.9 Å². The van der Waals surface area contributed by atoms with Gasteiger partial charge in [0.1, 0.15) is 6.04 Å². The lowest BCUT2D eigenvalue weighted by Gasteiger charge is -2.39. The van der Waals surface area contributed by atoms with Gasteiger partial charge in [-0.15, -0.1) is 0 Å². The van der Waals surface area contributed by atoms with Crippen LogP contribution in [0.3, 0.4) is 0 Å². The van der Waals surface area contributed by atoms with E-state index in [9.17, 15) is 4.79 Å². The Kier molecular flexibility index (Phi) is 6.59. The van der Waals surface area contributed by atoms with E-state index in [0.29, 0.717) is 0 Å². The predicted octanol–water partition coefficient (Wildman–Crippen LogP) is 5.46. The summed E-state index contributed by atoms with van der Waals surface area (Å²) >= 11 is 6.17. The van der Waals surface area contributed by atoms with Gasteiger partial charge >= 0.3 is 0 Å². The Morgan fingerprint density at radius 1 is 0.871 bits per heavy atom. The molecule has 4 nitrogen and oxygen atoms in total. The normalized spacial score (nSPS) is 15.5. The number of nitrogens with one attached hydrogen (secondary N) is 1. The second-order valence-corrected chi connectivity index (χ2v) is 8.62. The first-order valence-electron chi connectivity index (χ1n) is 10.7. The first-order valence-corrected chi connectivity index (χ1v) is 11.1. The van der Waals surface area contributed by atoms with Gasteiger partial charge in [-0.3, -0.25) is 9.69 Å². The average molecular weight is 434 g/mol. The standard InChI is InChI=1S/C26H28ClN3O/c1-19-15-20(2)17-23(16-19)28-26(31)25(21-7-4-3-5-8-21)30-13-11-29(12-14-30)24-10-6-9-22(27)18-24/h3-10,15-18,25H,11-14H2,1-2H3,(H,28,31)/t25-/m0/s1. The van der Waals surface area contributed by atoms with Crippen LogP contribution in [0.2, 0.25) is 5.02 Å². The van der Waals surface area contributed by atoms with Crippen molar-refractivity contribution in [1.82, 2.24) is 4.90 Å². The van der Waals surface area contributed by atoms with Crippen molar-refractivity contribution in [2.75, 3.05) is 36.4 Å². The number of hydrogen-bond acceptors (Lipinski definition) is 3. The minimum absolute atomic E-state index is 0.00686. The van der Waals surface area contributed by atoms with Gasteiger partial charge in [0, 0.05) is 42.6 Å². The zero-order valence-electron chi connectivity index (χ0n) is 18.0. The monoisotopic (exact) mass is 433 g/mol. The third kappa shape index (κ3) is 5.27. The number of rotatable bonds is 5. The summed E-state index contributed by atoms with van der Waals surface area (Å²) in [7, 11) is 0. The molecule has 31 heavy (non-hydrogen) atoms. The predicted molar refractivity (Wildman–Crippen MR) is 129 cm³/mol. The molecule has 3 aromatic carbocycles. The van der Waals surface area contributed by atoms with E-state index in [4.69, 9.17) is 11.6 Å². The van der Waals surface area contributed by atoms with Gasteiger partial charge in [0.2, 0.25) is 5.91 Å². The van der Waals surface area contributed by atoms with Crippen LogP contribution in [0, 0.1) is 13.8 Å². The quantitative estimate of drug-likeness (QED) is 0.580. The summed E-state index contributed by atoms with van der Waals surface area (Å²) < 4.78 is 0. The van der Waals surface area contributed by atoms with Crippen LogP contribution in [0.15, 0.2) is 72.8 Å². The number of piperazine rings is 1. The number of anilines is 2. The Labute approximate surface area is 189 Å². The lowest BCUT2D eigenvalue weighted by Crippen LogP contribution is -2.50. The summed E-state index contributed by atoms with van der Waals surface area (Å²) in [4.78, 5) is 18.0. The number of nitrogens with zero attached hydrogens (tertiary/aromatic N) is 2. The summed E-state index contributed by atoms with van der Waals surface area (Å²) in [5.74, 6) is 0.00686. The molecule has 1 saturated heterocycles. The highest BCUT2D eigenvalue weighted by atomic mass is 35.5. The van der Waals surface area contributed by atoms with Crippen molar-refractivity contribution >= 4 is 28.9 Å². The fourth-order valence-electron chi connectivity index (χ4n) is 4.33. The van der Waals surface area contributed by atoms with Gasteiger partial charge in [-0.2, -0.15) is 0 Å². The average Bonchev–Trinajstić information content (AvgIpc) is 2.74. The topological polar surface area (TPSA) is 35.6 Å². The molecular formula is C26H28ClN3O. The van der Waals surface area contributed by atoms with Gasteiger partial charge in [-0.05, 0) is 60.9 Å². The number of halogens is 1. The van der Waals surface area contributed by atoms with Gasteiger partial charge < -0.3 is 10.2 Å². The van der Waals surface area contributed by atoms with Gasteiger partial charge in [0.25, 0.3) is 0 Å². The molecule has 3 aromatic rings. The summed E-state index contributed by atoms with van der Waals surface area (Å²) in [5, 5.41) is 3.90. The zero-order chi connectivity index (χ0) is 21.8. The molecule has 0 saturated carbocycles. The molecule has 1 aliphatic rings. The molecule has 1 fully saturated rings. The SMILES string of the molecule is Cc1cc(C)cc(NC(=O)[C@H](c2ccccc2)N2CCN(c3cccc(Cl)c3)CC2)c1. The zero-order valence-corrected chi connectivity index (χ0v) is 18.8. The second kappa shape index (κ2) is 9.54. The number of carbonyl (C=O) groups excluding carboxylic acids is 1. The summed E-state index contributed by atoms with van der Waals surface area (Å²) in [6, 6.07) is 23.8. The summed E-state index contributed by atoms with van der Waals surface area (Å²) in [6.45, 7) is 7.39. The van der Waals surface area contributed by atoms with E-state index in [1.807, 2.05) is 74.5 Å². The van der Waals surface area contributed by atoms with E-state index in [1.165, 1.54) is 0 Å². The van der Waals surface area contributed by atoms with Crippen LogP contribution in [0.1, 0.15) is 22.7 Å². The molecule has 1 aliphatic heterocycles. The van der Waals surface area contributed by atoms with E-state index in [2.05, 4.69) is 27.2 Å². The number of amides is 1. The smallest absolute Gasteiger partial charge is 0.246 e. The molecule has 0 spiro atoms. The number of aryl methyl sites for hydroxylation is 2. The van der Waals surface area contributed by atoms with Gasteiger partial charge in [0.15, 0.2) is 0 Å². The molecule has 0 aromatic heterocycles. The van der Waals surface area contributed by atoms with Crippen molar-refractivity contribution in [2.45, 2.75) is 19.9 Å². The van der Waals surface area contributed by atoms with Gasteiger partial charge in [0.05, 0.1) is 0 Å². The van der Waals surface area contributed by atoms with Crippen molar-refractivity contribution in [2.24, 2.45) is 0 Å². The third-order valence-corrected chi connectivity index (χ3v) is 5.94. The van der Waals surface area contributed by atoms with Gasteiger partial charge in [-0.25, -0.2) is 0 Å². The van der Waals surface area contributed by atoms with Crippen molar-refractivity contribution < 1.29 is 4.79 Å². The Hall–Kier alpha value is -2.82. The fourth-order valence-corrected chi connectivity index (χ4v) is 4.52. The Morgan fingerprint density at radius 2 is 1.55 bits per heavy atom. The first-order chi connectivity index (χ1) is 15.0. The lowest BCUT2D eigenvalue weighted by atomic mass is 10.0. The molecule has 160 valence electrons. The largest absolute Gasteiger partial charge is 0.369 e. The van der Waals surface area contributed by atoms with Crippen LogP contribution in [0.25, 0.3) is 0 Å². The van der Waals surface area contributed by atoms with Crippen LogP contribution in [0.4, 0.5) is 11.4 Å². The summed E-state index contributed by atoms with van der Waals surface area (Å²) in [5.41, 5.74) is 5.27. The van der Waals surface area contributed by atoms with Gasteiger partial charge in [-0.1, -0.05) is 54.1 Å². The minimum atomic E-state index is -0.330. The van der Waals surface area contributed by atoms with Crippen molar-refractivity contribution in [1.29, 1.82) is 0 Å². The first kappa shape index (κ1) is 21.4. The molecule has 0 radical (unpaired) electrons. The molecule has 1 atom stereocenters. The van der Waals surface area contributed by atoms with Crippen LogP contribution in [-0.4, -0.2) is 37.0 Å². The molecule has 5 heteroatoms. The highest BCUT2D eigenvalue weighted by molar-refractivity contribution is 6.30. The van der Waals surface area contributed by atoms with E-state index in [0.717, 1.165) is 59.3 Å². The molecular weight excluding hydrogens is 406 g/mol.